The number of hydrogen-bond acceptors (Lipinski definition) is 4. The van der Waals surface area contributed by atoms with E-state index >= 15 is 0 Å². The molecule has 1 saturated heterocycles. The smallest absolute Gasteiger partial charge is 0.209 e. The third-order valence-electron chi connectivity index (χ3n) is 6.37. The van der Waals surface area contributed by atoms with Crippen LogP contribution in [0.5, 0.6) is 0 Å². The Morgan fingerprint density at radius 1 is 1.15 bits per heavy atom. The summed E-state index contributed by atoms with van der Waals surface area (Å²) in [6.07, 6.45) is 7.91. The van der Waals surface area contributed by atoms with E-state index in [4.69, 9.17) is 4.74 Å². The van der Waals surface area contributed by atoms with Gasteiger partial charge in [0.15, 0.2) is 0 Å². The van der Waals surface area contributed by atoms with Crippen molar-refractivity contribution in [3.05, 3.63) is 35.9 Å². The van der Waals surface area contributed by atoms with Gasteiger partial charge >= 0.3 is 0 Å². The fourth-order valence-corrected chi connectivity index (χ4v) is 5.59. The van der Waals surface area contributed by atoms with Crippen molar-refractivity contribution in [3.8, 4) is 0 Å². The molecule has 3 atom stereocenters. The summed E-state index contributed by atoms with van der Waals surface area (Å²) < 4.78 is 32.6. The maximum absolute atomic E-state index is 11.7. The van der Waals surface area contributed by atoms with Gasteiger partial charge in [-0.1, -0.05) is 37.3 Å². The first-order valence-corrected chi connectivity index (χ1v) is 12.1. The van der Waals surface area contributed by atoms with Crippen molar-refractivity contribution in [2.45, 2.75) is 75.6 Å². The molecule has 0 spiro atoms. The van der Waals surface area contributed by atoms with Crippen molar-refractivity contribution in [1.29, 1.82) is 0 Å². The number of hydrogen-bond donors (Lipinski definition) is 1. The van der Waals surface area contributed by atoms with E-state index in [1.54, 1.807) is 0 Å². The fraction of sp³-hybridized carbons (Fsp3) is 0.714. The average molecular weight is 395 g/mol. The highest BCUT2D eigenvalue weighted by Crippen LogP contribution is 2.34. The van der Waals surface area contributed by atoms with Gasteiger partial charge in [0.1, 0.15) is 0 Å². The maximum atomic E-state index is 11.7. The molecule has 0 amide bonds. The highest BCUT2D eigenvalue weighted by Gasteiger charge is 2.40. The predicted octanol–water partition coefficient (Wildman–Crippen LogP) is 3.13. The average Bonchev–Trinajstić information content (AvgIpc) is 2.94. The third kappa shape index (κ3) is 5.53. The zero-order valence-electron chi connectivity index (χ0n) is 16.8. The molecule has 1 saturated carbocycles. The lowest BCUT2D eigenvalue weighted by atomic mass is 9.83. The number of nitrogens with zero attached hydrogens (tertiary/aromatic N) is 1. The molecule has 0 aromatic heterocycles. The van der Waals surface area contributed by atoms with E-state index in [0.29, 0.717) is 18.6 Å². The normalized spacial score (nSPS) is 32.6. The van der Waals surface area contributed by atoms with Crippen LogP contribution >= 0.6 is 0 Å². The molecule has 6 heteroatoms. The van der Waals surface area contributed by atoms with Crippen LogP contribution in [0.1, 0.15) is 56.9 Å². The van der Waals surface area contributed by atoms with Gasteiger partial charge in [0.2, 0.25) is 10.0 Å². The third-order valence-corrected chi connectivity index (χ3v) is 7.11. The van der Waals surface area contributed by atoms with Gasteiger partial charge in [0.05, 0.1) is 19.0 Å². The first-order chi connectivity index (χ1) is 12.9. The van der Waals surface area contributed by atoms with Crippen LogP contribution in [0.2, 0.25) is 0 Å². The Morgan fingerprint density at radius 2 is 1.81 bits per heavy atom. The second-order valence-corrected chi connectivity index (χ2v) is 10.0. The summed E-state index contributed by atoms with van der Waals surface area (Å²) in [7, 11) is -1.11. The van der Waals surface area contributed by atoms with Gasteiger partial charge in [-0.15, -0.1) is 0 Å². The molecule has 2 fully saturated rings. The summed E-state index contributed by atoms with van der Waals surface area (Å²) >= 11 is 0. The quantitative estimate of drug-likeness (QED) is 0.772. The highest BCUT2D eigenvalue weighted by molar-refractivity contribution is 7.88. The molecule has 1 aliphatic carbocycles. The molecule has 152 valence electrons. The van der Waals surface area contributed by atoms with Crippen LogP contribution < -0.4 is 4.72 Å². The number of rotatable bonds is 7. The molecule has 1 aliphatic heterocycles. The molecule has 0 radical (unpaired) electrons. The van der Waals surface area contributed by atoms with E-state index in [0.717, 1.165) is 38.5 Å². The van der Waals surface area contributed by atoms with E-state index in [1.807, 2.05) is 0 Å². The summed E-state index contributed by atoms with van der Waals surface area (Å²) in [6.45, 7) is 2.76. The zero-order valence-corrected chi connectivity index (χ0v) is 17.6. The van der Waals surface area contributed by atoms with Gasteiger partial charge in [-0.05, 0) is 57.1 Å². The number of ether oxygens (including phenoxy) is 1. The predicted molar refractivity (Wildman–Crippen MR) is 109 cm³/mol. The monoisotopic (exact) mass is 394 g/mol. The number of nitrogens with one attached hydrogen (secondary N) is 1. The Balaban J connectivity index is 1.52. The summed E-state index contributed by atoms with van der Waals surface area (Å²) in [5.74, 6) is 0.643. The minimum atomic E-state index is -3.21. The SMILES string of the molecule is CCC1C[C@H](NS(C)(=O)=O)[C@H](COC2CCC(c3ccccc3)CC2)N1C. The molecule has 1 aromatic rings. The van der Waals surface area contributed by atoms with Gasteiger partial charge in [0.25, 0.3) is 0 Å². The molecule has 1 aromatic carbocycles. The van der Waals surface area contributed by atoms with Gasteiger partial charge in [-0.3, -0.25) is 4.90 Å². The van der Waals surface area contributed by atoms with Crippen molar-refractivity contribution >= 4 is 10.0 Å². The van der Waals surface area contributed by atoms with Crippen LogP contribution in [0, 0.1) is 0 Å². The van der Waals surface area contributed by atoms with Crippen LogP contribution in [0.15, 0.2) is 30.3 Å². The Hall–Kier alpha value is -0.950. The number of likely N-dealkylation sites (N-methyl/N-ethyl adjacent to an activating group) is 1. The number of benzene rings is 1. The molecule has 3 rings (SSSR count). The molecule has 1 heterocycles. The summed E-state index contributed by atoms with van der Waals surface area (Å²) in [4.78, 5) is 2.30. The minimum absolute atomic E-state index is 0.0596. The topological polar surface area (TPSA) is 58.6 Å². The second-order valence-electron chi connectivity index (χ2n) is 8.24. The van der Waals surface area contributed by atoms with Gasteiger partial charge in [-0.2, -0.15) is 0 Å². The lowest BCUT2D eigenvalue weighted by Gasteiger charge is -2.32. The van der Waals surface area contributed by atoms with Crippen LogP contribution in [0.3, 0.4) is 0 Å². The van der Waals surface area contributed by atoms with Gasteiger partial charge in [0, 0.05) is 18.1 Å². The Morgan fingerprint density at radius 3 is 2.41 bits per heavy atom. The number of likely N-dealkylation sites (tertiary alicyclic amines) is 1. The van der Waals surface area contributed by atoms with Crippen LogP contribution in [0.25, 0.3) is 0 Å². The van der Waals surface area contributed by atoms with Crippen molar-refractivity contribution in [1.82, 2.24) is 9.62 Å². The largest absolute Gasteiger partial charge is 0.377 e. The molecular formula is C21H34N2O3S. The van der Waals surface area contributed by atoms with Crippen LogP contribution in [0.4, 0.5) is 0 Å². The van der Waals surface area contributed by atoms with Crippen molar-refractivity contribution in [3.63, 3.8) is 0 Å². The van der Waals surface area contributed by atoms with E-state index < -0.39 is 10.0 Å². The highest BCUT2D eigenvalue weighted by atomic mass is 32.2. The maximum Gasteiger partial charge on any atom is 0.209 e. The van der Waals surface area contributed by atoms with Gasteiger partial charge in [-0.25, -0.2) is 13.1 Å². The molecule has 2 aliphatic rings. The van der Waals surface area contributed by atoms with Crippen molar-refractivity contribution < 1.29 is 13.2 Å². The van der Waals surface area contributed by atoms with Gasteiger partial charge < -0.3 is 4.74 Å². The van der Waals surface area contributed by atoms with Crippen LogP contribution in [-0.2, 0) is 14.8 Å². The van der Waals surface area contributed by atoms with Crippen LogP contribution in [-0.4, -0.2) is 57.5 Å². The lowest BCUT2D eigenvalue weighted by molar-refractivity contribution is -0.00597. The van der Waals surface area contributed by atoms with E-state index in [9.17, 15) is 8.42 Å². The fourth-order valence-electron chi connectivity index (χ4n) is 4.78. The summed E-state index contributed by atoms with van der Waals surface area (Å²) in [5.41, 5.74) is 1.44. The first kappa shape index (κ1) is 20.8. The Kier molecular flexibility index (Phi) is 6.95. The molecule has 5 nitrogen and oxygen atoms in total. The molecule has 1 unspecified atom stereocenters. The number of sulfonamides is 1. The second kappa shape index (κ2) is 9.03. The van der Waals surface area contributed by atoms with Crippen molar-refractivity contribution in [2.75, 3.05) is 19.9 Å². The Labute approximate surface area is 164 Å². The minimum Gasteiger partial charge on any atom is -0.377 e. The molecular weight excluding hydrogens is 360 g/mol. The van der Waals surface area contributed by atoms with E-state index in [1.165, 1.54) is 11.8 Å². The summed E-state index contributed by atoms with van der Waals surface area (Å²) in [6, 6.07) is 11.2. The summed E-state index contributed by atoms with van der Waals surface area (Å²) in [5, 5.41) is 0. The van der Waals surface area contributed by atoms with E-state index in [-0.39, 0.29) is 18.2 Å². The molecule has 27 heavy (non-hydrogen) atoms. The Bertz CT molecular complexity index is 687. The lowest BCUT2D eigenvalue weighted by Crippen LogP contribution is -2.47. The van der Waals surface area contributed by atoms with E-state index in [2.05, 4.69) is 53.9 Å². The van der Waals surface area contributed by atoms with Crippen molar-refractivity contribution in [2.24, 2.45) is 0 Å². The zero-order chi connectivity index (χ0) is 19.4. The molecule has 0 bridgehead atoms. The first-order valence-electron chi connectivity index (χ1n) is 10.2. The standard InChI is InChI=1S/C21H34N2O3S/c1-4-18-14-20(22-27(3,24)25)21(23(18)2)15-26-19-12-10-17(11-13-19)16-8-6-5-7-9-16/h5-9,17-22H,4,10-15H2,1-3H3/t17?,18?,19?,20-,21-/m0/s1. The molecule has 1 N–H and O–H groups in total.